The highest BCUT2D eigenvalue weighted by Crippen LogP contribution is 2.04. The lowest BCUT2D eigenvalue weighted by Gasteiger charge is -2.09. The number of aromatic nitrogens is 2. The van der Waals surface area contributed by atoms with E-state index in [0.29, 0.717) is 0 Å². The summed E-state index contributed by atoms with van der Waals surface area (Å²) < 4.78 is 1.31. The summed E-state index contributed by atoms with van der Waals surface area (Å²) in [6.07, 6.45) is 1.49. The van der Waals surface area contributed by atoms with Crippen LogP contribution in [-0.4, -0.2) is 21.6 Å². The maximum atomic E-state index is 11.1. The molecule has 1 aromatic rings. The summed E-state index contributed by atoms with van der Waals surface area (Å²) in [5.74, 6) is 3.91. The first-order chi connectivity index (χ1) is 6.56. The summed E-state index contributed by atoms with van der Waals surface area (Å²) in [6.45, 7) is 1.60. The Morgan fingerprint density at radius 1 is 1.64 bits per heavy atom. The fourth-order valence-electron chi connectivity index (χ4n) is 0.926. The van der Waals surface area contributed by atoms with Crippen LogP contribution in [0.3, 0.4) is 0 Å². The zero-order valence-electron chi connectivity index (χ0n) is 7.60. The van der Waals surface area contributed by atoms with Gasteiger partial charge in [-0.15, -0.1) is 0 Å². The molecule has 2 amide bonds. The van der Waals surface area contributed by atoms with E-state index >= 15 is 0 Å². The zero-order chi connectivity index (χ0) is 10.7. The predicted molar refractivity (Wildman–Crippen MR) is 47.8 cm³/mol. The number of hydrogen-bond donors (Lipinski definition) is 3. The van der Waals surface area contributed by atoms with Crippen LogP contribution >= 0.6 is 0 Å². The molecule has 0 saturated carbocycles. The summed E-state index contributed by atoms with van der Waals surface area (Å²) in [5.41, 5.74) is 7.09. The zero-order valence-corrected chi connectivity index (χ0v) is 7.60. The number of nitrogens with zero attached hydrogens (tertiary/aromatic N) is 2. The van der Waals surface area contributed by atoms with Gasteiger partial charge in [0.15, 0.2) is 0 Å². The SMILES string of the molecule is CC(C(=O)NN)n1ccc(C(N)=O)n1. The van der Waals surface area contributed by atoms with Crippen molar-refractivity contribution in [3.8, 4) is 0 Å². The van der Waals surface area contributed by atoms with E-state index in [1.807, 2.05) is 5.43 Å². The second-order valence-electron chi connectivity index (χ2n) is 2.73. The summed E-state index contributed by atoms with van der Waals surface area (Å²) in [7, 11) is 0. The van der Waals surface area contributed by atoms with Crippen LogP contribution in [0.4, 0.5) is 0 Å². The maximum absolute atomic E-state index is 11.1. The van der Waals surface area contributed by atoms with Gasteiger partial charge >= 0.3 is 0 Å². The van der Waals surface area contributed by atoms with Crippen molar-refractivity contribution < 1.29 is 9.59 Å². The minimum Gasteiger partial charge on any atom is -0.364 e. The molecule has 7 heteroatoms. The Hall–Kier alpha value is -1.89. The molecule has 7 nitrogen and oxygen atoms in total. The smallest absolute Gasteiger partial charge is 0.269 e. The third-order valence-electron chi connectivity index (χ3n) is 1.78. The Kier molecular flexibility index (Phi) is 2.82. The first-order valence-corrected chi connectivity index (χ1v) is 3.91. The van der Waals surface area contributed by atoms with Gasteiger partial charge in [-0.3, -0.25) is 19.7 Å². The van der Waals surface area contributed by atoms with Gasteiger partial charge in [0.05, 0.1) is 0 Å². The molecule has 0 aliphatic rings. The highest BCUT2D eigenvalue weighted by molar-refractivity contribution is 5.90. The molecule has 1 unspecified atom stereocenters. The second kappa shape index (κ2) is 3.88. The first-order valence-electron chi connectivity index (χ1n) is 3.91. The molecule has 0 spiro atoms. The summed E-state index contributed by atoms with van der Waals surface area (Å²) in [6, 6.07) is 0.857. The Morgan fingerprint density at radius 3 is 2.71 bits per heavy atom. The van der Waals surface area contributed by atoms with Crippen LogP contribution in [0.25, 0.3) is 0 Å². The van der Waals surface area contributed by atoms with Crippen molar-refractivity contribution in [1.82, 2.24) is 15.2 Å². The molecule has 0 saturated heterocycles. The quantitative estimate of drug-likeness (QED) is 0.311. The van der Waals surface area contributed by atoms with Crippen molar-refractivity contribution in [2.45, 2.75) is 13.0 Å². The Balaban J connectivity index is 2.86. The van der Waals surface area contributed by atoms with Crippen molar-refractivity contribution >= 4 is 11.8 Å². The number of hydrogen-bond acceptors (Lipinski definition) is 4. The highest BCUT2D eigenvalue weighted by Gasteiger charge is 2.15. The lowest BCUT2D eigenvalue weighted by molar-refractivity contribution is -0.124. The largest absolute Gasteiger partial charge is 0.364 e. The van der Waals surface area contributed by atoms with Crippen LogP contribution < -0.4 is 17.0 Å². The molecular weight excluding hydrogens is 186 g/mol. The molecule has 1 rings (SSSR count). The summed E-state index contributed by atoms with van der Waals surface area (Å²) in [4.78, 5) is 21.8. The maximum Gasteiger partial charge on any atom is 0.269 e. The van der Waals surface area contributed by atoms with Crippen LogP contribution in [0, 0.1) is 0 Å². The van der Waals surface area contributed by atoms with Crippen LogP contribution in [-0.2, 0) is 4.79 Å². The van der Waals surface area contributed by atoms with Crippen molar-refractivity contribution in [3.63, 3.8) is 0 Å². The fourth-order valence-corrected chi connectivity index (χ4v) is 0.926. The molecule has 1 heterocycles. The van der Waals surface area contributed by atoms with E-state index in [1.165, 1.54) is 16.9 Å². The summed E-state index contributed by atoms with van der Waals surface area (Å²) in [5, 5.41) is 3.80. The van der Waals surface area contributed by atoms with E-state index in [0.717, 1.165) is 0 Å². The van der Waals surface area contributed by atoms with Crippen LogP contribution in [0.1, 0.15) is 23.5 Å². The molecule has 0 bridgehead atoms. The predicted octanol–water partition coefficient (Wildman–Crippen LogP) is -1.47. The third kappa shape index (κ3) is 1.88. The van der Waals surface area contributed by atoms with Gasteiger partial charge in [0.1, 0.15) is 11.7 Å². The standard InChI is InChI=1S/C7H11N5O2/c1-4(7(14)10-9)12-3-2-5(11-12)6(8)13/h2-4H,9H2,1H3,(H2,8,13)(H,10,14). The molecule has 0 fully saturated rings. The van der Waals surface area contributed by atoms with Gasteiger partial charge in [0.25, 0.3) is 11.8 Å². The summed E-state index contributed by atoms with van der Waals surface area (Å²) >= 11 is 0. The van der Waals surface area contributed by atoms with E-state index in [1.54, 1.807) is 6.92 Å². The fraction of sp³-hybridized carbons (Fsp3) is 0.286. The number of primary amides is 1. The highest BCUT2D eigenvalue weighted by atomic mass is 16.2. The van der Waals surface area contributed by atoms with E-state index in [-0.39, 0.29) is 5.69 Å². The van der Waals surface area contributed by atoms with Crippen molar-refractivity contribution in [3.05, 3.63) is 18.0 Å². The third-order valence-corrected chi connectivity index (χ3v) is 1.78. The van der Waals surface area contributed by atoms with E-state index in [2.05, 4.69) is 5.10 Å². The number of rotatable bonds is 3. The molecule has 14 heavy (non-hydrogen) atoms. The Labute approximate surface area is 80.0 Å². The number of nitrogens with one attached hydrogen (secondary N) is 1. The van der Waals surface area contributed by atoms with Gasteiger partial charge in [-0.25, -0.2) is 5.84 Å². The van der Waals surface area contributed by atoms with Crippen LogP contribution in [0.15, 0.2) is 12.3 Å². The lowest BCUT2D eigenvalue weighted by atomic mass is 10.3. The molecule has 0 aromatic carbocycles. The number of nitrogens with two attached hydrogens (primary N) is 2. The van der Waals surface area contributed by atoms with E-state index in [4.69, 9.17) is 11.6 Å². The molecule has 1 atom stereocenters. The molecule has 76 valence electrons. The van der Waals surface area contributed by atoms with Gasteiger partial charge in [-0.05, 0) is 13.0 Å². The molecular formula is C7H11N5O2. The van der Waals surface area contributed by atoms with E-state index < -0.39 is 17.9 Å². The number of carbonyl (C=O) groups excluding carboxylic acids is 2. The number of hydrazine groups is 1. The minimum atomic E-state index is -0.635. The van der Waals surface area contributed by atoms with Crippen molar-refractivity contribution in [2.75, 3.05) is 0 Å². The van der Waals surface area contributed by atoms with Crippen molar-refractivity contribution in [2.24, 2.45) is 11.6 Å². The van der Waals surface area contributed by atoms with Gasteiger partial charge in [-0.2, -0.15) is 5.10 Å². The molecule has 0 radical (unpaired) electrons. The average molecular weight is 197 g/mol. The first kappa shape index (κ1) is 10.2. The van der Waals surface area contributed by atoms with Gasteiger partial charge < -0.3 is 5.73 Å². The van der Waals surface area contributed by atoms with E-state index in [9.17, 15) is 9.59 Å². The van der Waals surface area contributed by atoms with Gasteiger partial charge in [-0.1, -0.05) is 0 Å². The average Bonchev–Trinajstić information content (AvgIpc) is 2.64. The molecule has 0 aliphatic carbocycles. The molecule has 0 aliphatic heterocycles. The Bertz CT molecular complexity index is 359. The van der Waals surface area contributed by atoms with Gasteiger partial charge in [0.2, 0.25) is 0 Å². The minimum absolute atomic E-state index is 0.113. The van der Waals surface area contributed by atoms with Gasteiger partial charge in [0, 0.05) is 6.20 Å². The topological polar surface area (TPSA) is 116 Å². The second-order valence-corrected chi connectivity index (χ2v) is 2.73. The number of carbonyl (C=O) groups is 2. The van der Waals surface area contributed by atoms with Crippen LogP contribution in [0.2, 0.25) is 0 Å². The van der Waals surface area contributed by atoms with Crippen LogP contribution in [0.5, 0.6) is 0 Å². The monoisotopic (exact) mass is 197 g/mol. The molecule has 1 aromatic heterocycles. The Morgan fingerprint density at radius 2 is 2.29 bits per heavy atom. The normalized spacial score (nSPS) is 12.1. The number of amides is 2. The lowest BCUT2D eigenvalue weighted by Crippen LogP contribution is -2.36. The molecule has 5 N–H and O–H groups in total. The van der Waals surface area contributed by atoms with Crippen molar-refractivity contribution in [1.29, 1.82) is 0 Å².